The van der Waals surface area contributed by atoms with Gasteiger partial charge in [0.1, 0.15) is 0 Å². The Morgan fingerprint density at radius 1 is 1.38 bits per heavy atom. The molecule has 0 amide bonds. The van der Waals surface area contributed by atoms with Crippen molar-refractivity contribution in [3.63, 3.8) is 0 Å². The van der Waals surface area contributed by atoms with E-state index in [0.717, 1.165) is 6.42 Å². The molecule has 0 bridgehead atoms. The molecule has 0 radical (unpaired) electrons. The summed E-state index contributed by atoms with van der Waals surface area (Å²) in [7, 11) is 3.27. The molecule has 2 rings (SSSR count). The number of carboxylic acid groups (broad SMARTS) is 1. The van der Waals surface area contributed by atoms with Gasteiger partial charge in [-0.3, -0.25) is 4.40 Å². The highest BCUT2D eigenvalue weighted by Gasteiger charge is 2.23. The molecular formula is C13H19N3O4S. The lowest BCUT2D eigenvalue weighted by molar-refractivity contribution is 0.0690. The third-order valence-corrected chi connectivity index (χ3v) is 3.84. The van der Waals surface area contributed by atoms with Crippen LogP contribution in [0.15, 0.2) is 11.6 Å². The van der Waals surface area contributed by atoms with Crippen LogP contribution in [-0.2, 0) is 9.47 Å². The number of carboxylic acids is 1. The zero-order valence-corrected chi connectivity index (χ0v) is 12.9. The van der Waals surface area contributed by atoms with Crippen LogP contribution in [0.2, 0.25) is 0 Å². The molecule has 0 saturated carbocycles. The van der Waals surface area contributed by atoms with Crippen molar-refractivity contribution in [2.24, 2.45) is 0 Å². The molecule has 2 aromatic heterocycles. The van der Waals surface area contributed by atoms with E-state index in [9.17, 15) is 9.90 Å². The normalized spacial score (nSPS) is 11.1. The van der Waals surface area contributed by atoms with Crippen LogP contribution in [0.1, 0.15) is 16.9 Å². The van der Waals surface area contributed by atoms with Gasteiger partial charge in [-0.15, -0.1) is 11.3 Å². The number of ether oxygens (including phenoxy) is 2. The summed E-state index contributed by atoms with van der Waals surface area (Å²) in [5.74, 6) is -0.493. The molecule has 0 aliphatic heterocycles. The standard InChI is InChI=1S/C13H19N3O4S/c1-19-7-3-4-15(5-8-20-2)11-10(12(17)18)16-6-9-21-13(16)14-11/h6,9H,3-5,7-8H2,1-2H3,(H,17,18). The number of methoxy groups -OCH3 is 2. The van der Waals surface area contributed by atoms with E-state index in [1.807, 2.05) is 10.3 Å². The molecule has 0 unspecified atom stereocenters. The van der Waals surface area contributed by atoms with Gasteiger partial charge in [0, 0.05) is 45.5 Å². The maximum atomic E-state index is 11.6. The molecule has 0 aliphatic carbocycles. The predicted molar refractivity (Wildman–Crippen MR) is 80.6 cm³/mol. The van der Waals surface area contributed by atoms with E-state index >= 15 is 0 Å². The Morgan fingerprint density at radius 2 is 2.14 bits per heavy atom. The zero-order chi connectivity index (χ0) is 15.2. The van der Waals surface area contributed by atoms with Gasteiger partial charge in [0.15, 0.2) is 16.5 Å². The number of hydrogen-bond donors (Lipinski definition) is 1. The molecule has 7 nitrogen and oxygen atoms in total. The molecule has 1 N–H and O–H groups in total. The summed E-state index contributed by atoms with van der Waals surface area (Å²) in [6.07, 6.45) is 2.52. The first kappa shape index (κ1) is 15.7. The van der Waals surface area contributed by atoms with Gasteiger partial charge in [-0.05, 0) is 6.42 Å². The minimum Gasteiger partial charge on any atom is -0.476 e. The van der Waals surface area contributed by atoms with Crippen molar-refractivity contribution < 1.29 is 19.4 Å². The van der Waals surface area contributed by atoms with E-state index in [4.69, 9.17) is 9.47 Å². The third-order valence-electron chi connectivity index (χ3n) is 3.09. The predicted octanol–water partition coefficient (Wildman–Crippen LogP) is 1.58. The Hall–Kier alpha value is -1.64. The minimum absolute atomic E-state index is 0.194. The summed E-state index contributed by atoms with van der Waals surface area (Å²) < 4.78 is 11.8. The molecular weight excluding hydrogens is 294 g/mol. The lowest BCUT2D eigenvalue weighted by Crippen LogP contribution is -2.30. The summed E-state index contributed by atoms with van der Waals surface area (Å²) in [6.45, 7) is 2.39. The molecule has 0 atom stereocenters. The number of thiazole rings is 1. The van der Waals surface area contributed by atoms with Gasteiger partial charge < -0.3 is 19.5 Å². The minimum atomic E-state index is -0.981. The molecule has 8 heteroatoms. The largest absolute Gasteiger partial charge is 0.476 e. The van der Waals surface area contributed by atoms with Crippen LogP contribution in [0, 0.1) is 0 Å². The van der Waals surface area contributed by atoms with Gasteiger partial charge in [0.05, 0.1) is 6.61 Å². The number of anilines is 1. The van der Waals surface area contributed by atoms with Gasteiger partial charge in [0.25, 0.3) is 0 Å². The molecule has 2 heterocycles. The second-order valence-corrected chi connectivity index (χ2v) is 5.34. The SMILES string of the molecule is COCCCN(CCOC)c1nc2sccn2c1C(=O)O. The fraction of sp³-hybridized carbons (Fsp3) is 0.538. The number of imidazole rings is 1. The summed E-state index contributed by atoms with van der Waals surface area (Å²) in [5, 5.41) is 11.3. The maximum Gasteiger partial charge on any atom is 0.356 e. The molecule has 2 aromatic rings. The Bertz CT molecular complexity index is 595. The highest BCUT2D eigenvalue weighted by Crippen LogP contribution is 2.25. The van der Waals surface area contributed by atoms with Crippen LogP contribution in [-0.4, -0.2) is 61.0 Å². The first-order valence-corrected chi connectivity index (χ1v) is 7.48. The van der Waals surface area contributed by atoms with Crippen LogP contribution in [0.25, 0.3) is 4.96 Å². The maximum absolute atomic E-state index is 11.6. The topological polar surface area (TPSA) is 76.3 Å². The first-order chi connectivity index (χ1) is 10.2. The lowest BCUT2D eigenvalue weighted by atomic mass is 10.3. The van der Waals surface area contributed by atoms with Crippen LogP contribution >= 0.6 is 11.3 Å². The van der Waals surface area contributed by atoms with Crippen molar-refractivity contribution in [1.82, 2.24) is 9.38 Å². The van der Waals surface area contributed by atoms with Crippen LogP contribution in [0.3, 0.4) is 0 Å². The molecule has 0 aliphatic rings. The molecule has 0 fully saturated rings. The average Bonchev–Trinajstić information content (AvgIpc) is 3.02. The van der Waals surface area contributed by atoms with Gasteiger partial charge in [-0.1, -0.05) is 0 Å². The second kappa shape index (κ2) is 7.39. The number of hydrogen-bond acceptors (Lipinski definition) is 6. The smallest absolute Gasteiger partial charge is 0.356 e. The van der Waals surface area contributed by atoms with Gasteiger partial charge in [-0.25, -0.2) is 9.78 Å². The van der Waals surface area contributed by atoms with Crippen molar-refractivity contribution in [3.8, 4) is 0 Å². The second-order valence-electron chi connectivity index (χ2n) is 4.47. The van der Waals surface area contributed by atoms with Crippen LogP contribution < -0.4 is 4.90 Å². The highest BCUT2D eigenvalue weighted by atomic mass is 32.1. The Morgan fingerprint density at radius 3 is 2.81 bits per heavy atom. The van der Waals surface area contributed by atoms with E-state index in [1.165, 1.54) is 11.3 Å². The number of rotatable bonds is 9. The molecule has 21 heavy (non-hydrogen) atoms. The molecule has 0 aromatic carbocycles. The molecule has 116 valence electrons. The quantitative estimate of drug-likeness (QED) is 0.708. The molecule has 0 saturated heterocycles. The highest BCUT2D eigenvalue weighted by molar-refractivity contribution is 7.15. The Labute approximate surface area is 126 Å². The average molecular weight is 313 g/mol. The summed E-state index contributed by atoms with van der Waals surface area (Å²) >= 11 is 1.42. The number of nitrogens with zero attached hydrogens (tertiary/aromatic N) is 3. The first-order valence-electron chi connectivity index (χ1n) is 6.60. The van der Waals surface area contributed by atoms with Crippen LogP contribution in [0.4, 0.5) is 5.82 Å². The van der Waals surface area contributed by atoms with Crippen molar-refractivity contribution in [2.45, 2.75) is 6.42 Å². The Kier molecular flexibility index (Phi) is 5.54. The van der Waals surface area contributed by atoms with Crippen molar-refractivity contribution >= 4 is 28.1 Å². The zero-order valence-electron chi connectivity index (χ0n) is 12.1. The number of aromatic nitrogens is 2. The van der Waals surface area contributed by atoms with Crippen molar-refractivity contribution in [2.75, 3.05) is 45.4 Å². The summed E-state index contributed by atoms with van der Waals surface area (Å²) in [6, 6.07) is 0. The van der Waals surface area contributed by atoms with Gasteiger partial charge in [0.2, 0.25) is 0 Å². The van der Waals surface area contributed by atoms with Gasteiger partial charge >= 0.3 is 5.97 Å². The van der Waals surface area contributed by atoms with Crippen LogP contribution in [0.5, 0.6) is 0 Å². The van der Waals surface area contributed by atoms with Crippen molar-refractivity contribution in [1.29, 1.82) is 0 Å². The summed E-state index contributed by atoms with van der Waals surface area (Å²) in [5.41, 5.74) is 0.194. The van der Waals surface area contributed by atoms with Crippen molar-refractivity contribution in [3.05, 3.63) is 17.3 Å². The molecule has 0 spiro atoms. The number of carbonyl (C=O) groups is 1. The third kappa shape index (κ3) is 3.52. The number of aromatic carboxylic acids is 1. The monoisotopic (exact) mass is 313 g/mol. The van der Waals surface area contributed by atoms with E-state index in [1.54, 1.807) is 24.8 Å². The van der Waals surface area contributed by atoms with E-state index < -0.39 is 5.97 Å². The lowest BCUT2D eigenvalue weighted by Gasteiger charge is -2.22. The van der Waals surface area contributed by atoms with Gasteiger partial charge in [-0.2, -0.15) is 0 Å². The number of fused-ring (bicyclic) bond motifs is 1. The fourth-order valence-corrected chi connectivity index (χ4v) is 2.83. The van der Waals surface area contributed by atoms with E-state index in [0.29, 0.717) is 37.1 Å². The fourth-order valence-electron chi connectivity index (χ4n) is 2.12. The Balaban J connectivity index is 2.30. The van der Waals surface area contributed by atoms with E-state index in [-0.39, 0.29) is 5.69 Å². The van der Waals surface area contributed by atoms with E-state index in [2.05, 4.69) is 4.98 Å². The summed E-state index contributed by atoms with van der Waals surface area (Å²) in [4.78, 5) is 18.6.